The van der Waals surface area contributed by atoms with E-state index >= 15 is 0 Å². The van der Waals surface area contributed by atoms with Crippen molar-refractivity contribution in [3.8, 4) is 0 Å². The molecule has 0 bridgehead atoms. The van der Waals surface area contributed by atoms with Gasteiger partial charge in [0.05, 0.1) is 0 Å². The van der Waals surface area contributed by atoms with E-state index in [1.54, 1.807) is 0 Å². The number of hydrogen-bond acceptors (Lipinski definition) is 3. The molecule has 1 amide bonds. The van der Waals surface area contributed by atoms with E-state index in [2.05, 4.69) is 34.4 Å². The number of nitrogens with zero attached hydrogens (tertiary/aromatic N) is 2. The second kappa shape index (κ2) is 8.42. The molecule has 132 valence electrons. The van der Waals surface area contributed by atoms with Gasteiger partial charge in [-0.2, -0.15) is 11.8 Å². The lowest BCUT2D eigenvalue weighted by atomic mass is 10.1. The van der Waals surface area contributed by atoms with Gasteiger partial charge in [-0.15, -0.1) is 0 Å². The Bertz CT molecular complexity index is 600. The molecule has 5 nitrogen and oxygen atoms in total. The molecule has 1 aromatic rings. The van der Waals surface area contributed by atoms with Crippen molar-refractivity contribution in [2.24, 2.45) is 4.99 Å². The normalized spacial score (nSPS) is 17.5. The standard InChI is InChI=1S/C18H28N4OS/c1-14-6-5-7-15(12-14)16(23)20-8-9-21-17(19-4)22-10-11-24-18(2,3)13-22/h5-7,12H,8-11,13H2,1-4H3,(H,19,21)(H,20,23). The quantitative estimate of drug-likeness (QED) is 0.497. The van der Waals surface area contributed by atoms with Crippen molar-refractivity contribution in [1.82, 2.24) is 15.5 Å². The fraction of sp³-hybridized carbons (Fsp3) is 0.556. The second-order valence-electron chi connectivity index (χ2n) is 6.63. The molecule has 0 saturated carbocycles. The van der Waals surface area contributed by atoms with Crippen molar-refractivity contribution in [3.63, 3.8) is 0 Å². The van der Waals surface area contributed by atoms with Crippen LogP contribution in [0.15, 0.2) is 29.3 Å². The number of carbonyl (C=O) groups is 1. The first-order chi connectivity index (χ1) is 11.4. The number of rotatable bonds is 4. The molecule has 0 aromatic heterocycles. The highest BCUT2D eigenvalue weighted by Gasteiger charge is 2.28. The maximum absolute atomic E-state index is 12.1. The first kappa shape index (κ1) is 18.6. The van der Waals surface area contributed by atoms with Gasteiger partial charge >= 0.3 is 0 Å². The molecule has 0 unspecified atom stereocenters. The van der Waals surface area contributed by atoms with Crippen molar-refractivity contribution in [1.29, 1.82) is 0 Å². The van der Waals surface area contributed by atoms with Crippen LogP contribution in [-0.2, 0) is 0 Å². The van der Waals surface area contributed by atoms with Gasteiger partial charge in [0, 0.05) is 49.3 Å². The predicted octanol–water partition coefficient (Wildman–Crippen LogP) is 2.13. The summed E-state index contributed by atoms with van der Waals surface area (Å²) < 4.78 is 0.245. The highest BCUT2D eigenvalue weighted by molar-refractivity contribution is 8.00. The molecule has 24 heavy (non-hydrogen) atoms. The number of aryl methyl sites for hydroxylation is 1. The smallest absolute Gasteiger partial charge is 0.251 e. The van der Waals surface area contributed by atoms with E-state index < -0.39 is 0 Å². The summed E-state index contributed by atoms with van der Waals surface area (Å²) in [4.78, 5) is 18.8. The van der Waals surface area contributed by atoms with Crippen LogP contribution >= 0.6 is 11.8 Å². The second-order valence-corrected chi connectivity index (χ2v) is 8.43. The van der Waals surface area contributed by atoms with Crippen LogP contribution in [0.25, 0.3) is 0 Å². The highest BCUT2D eigenvalue weighted by Crippen LogP contribution is 2.29. The Kier molecular flexibility index (Phi) is 6.54. The largest absolute Gasteiger partial charge is 0.354 e. The zero-order valence-electron chi connectivity index (χ0n) is 15.1. The SMILES string of the molecule is CN=C(NCCNC(=O)c1cccc(C)c1)N1CCSC(C)(C)C1. The minimum absolute atomic E-state index is 0.0361. The summed E-state index contributed by atoms with van der Waals surface area (Å²) in [6.07, 6.45) is 0. The van der Waals surface area contributed by atoms with Crippen LogP contribution in [-0.4, -0.2) is 60.5 Å². The lowest BCUT2D eigenvalue weighted by Gasteiger charge is -2.39. The zero-order chi connectivity index (χ0) is 17.6. The van der Waals surface area contributed by atoms with Gasteiger partial charge in [0.1, 0.15) is 0 Å². The number of amides is 1. The third kappa shape index (κ3) is 5.44. The molecular weight excluding hydrogens is 320 g/mol. The minimum atomic E-state index is -0.0361. The number of guanidine groups is 1. The van der Waals surface area contributed by atoms with Crippen LogP contribution in [0.4, 0.5) is 0 Å². The molecule has 0 spiro atoms. The van der Waals surface area contributed by atoms with Crippen molar-refractivity contribution in [2.45, 2.75) is 25.5 Å². The first-order valence-corrected chi connectivity index (χ1v) is 9.34. The molecule has 1 saturated heterocycles. The summed E-state index contributed by atoms with van der Waals surface area (Å²) >= 11 is 2.00. The van der Waals surface area contributed by atoms with Crippen LogP contribution < -0.4 is 10.6 Å². The molecular formula is C18H28N4OS. The maximum atomic E-state index is 12.1. The van der Waals surface area contributed by atoms with Crippen LogP contribution in [0.2, 0.25) is 0 Å². The van der Waals surface area contributed by atoms with Gasteiger partial charge in [0.25, 0.3) is 5.91 Å². The fourth-order valence-electron chi connectivity index (χ4n) is 2.77. The molecule has 2 rings (SSSR count). The molecule has 1 fully saturated rings. The number of nitrogens with one attached hydrogen (secondary N) is 2. The molecule has 6 heteroatoms. The summed E-state index contributed by atoms with van der Waals surface area (Å²) in [5.41, 5.74) is 1.79. The molecule has 0 atom stereocenters. The van der Waals surface area contributed by atoms with E-state index in [0.29, 0.717) is 18.7 Å². The van der Waals surface area contributed by atoms with E-state index in [1.807, 2.05) is 50.0 Å². The Labute approximate surface area is 149 Å². The van der Waals surface area contributed by atoms with Crippen molar-refractivity contribution >= 4 is 23.6 Å². The fourth-order valence-corrected chi connectivity index (χ4v) is 3.88. The monoisotopic (exact) mass is 348 g/mol. The number of aliphatic imine (C=N–C) groups is 1. The first-order valence-electron chi connectivity index (χ1n) is 8.36. The van der Waals surface area contributed by atoms with Crippen molar-refractivity contribution < 1.29 is 4.79 Å². The van der Waals surface area contributed by atoms with Crippen LogP contribution in [0.5, 0.6) is 0 Å². The van der Waals surface area contributed by atoms with Gasteiger partial charge in [0.15, 0.2) is 5.96 Å². The average Bonchev–Trinajstić information content (AvgIpc) is 2.53. The van der Waals surface area contributed by atoms with E-state index in [9.17, 15) is 4.79 Å². The number of thioether (sulfide) groups is 1. The van der Waals surface area contributed by atoms with Gasteiger partial charge in [-0.1, -0.05) is 17.7 Å². The Morgan fingerprint density at radius 3 is 2.75 bits per heavy atom. The third-order valence-corrected chi connectivity index (χ3v) is 5.21. The summed E-state index contributed by atoms with van der Waals surface area (Å²) in [5.74, 6) is 1.98. The summed E-state index contributed by atoms with van der Waals surface area (Å²) in [5, 5.41) is 6.29. The lowest BCUT2D eigenvalue weighted by Crippen LogP contribution is -2.51. The molecule has 0 radical (unpaired) electrons. The molecule has 1 aliphatic rings. The minimum Gasteiger partial charge on any atom is -0.354 e. The van der Waals surface area contributed by atoms with E-state index in [-0.39, 0.29) is 10.7 Å². The van der Waals surface area contributed by atoms with Crippen molar-refractivity contribution in [2.75, 3.05) is 39.0 Å². The molecule has 1 aromatic carbocycles. The Morgan fingerprint density at radius 2 is 2.08 bits per heavy atom. The van der Waals surface area contributed by atoms with Gasteiger partial charge in [-0.05, 0) is 32.9 Å². The topological polar surface area (TPSA) is 56.7 Å². The zero-order valence-corrected chi connectivity index (χ0v) is 15.9. The third-order valence-electron chi connectivity index (χ3n) is 3.91. The van der Waals surface area contributed by atoms with Crippen LogP contribution in [0.1, 0.15) is 29.8 Å². The Hall–Kier alpha value is -1.69. The van der Waals surface area contributed by atoms with E-state index in [4.69, 9.17) is 0 Å². The predicted molar refractivity (Wildman–Crippen MR) is 103 cm³/mol. The van der Waals surface area contributed by atoms with Crippen LogP contribution in [0.3, 0.4) is 0 Å². The Morgan fingerprint density at radius 1 is 1.33 bits per heavy atom. The molecule has 0 aliphatic carbocycles. The molecule has 2 N–H and O–H groups in total. The van der Waals surface area contributed by atoms with Gasteiger partial charge in [-0.3, -0.25) is 9.79 Å². The van der Waals surface area contributed by atoms with Gasteiger partial charge in [0.2, 0.25) is 0 Å². The number of carbonyl (C=O) groups excluding carboxylic acids is 1. The summed E-state index contributed by atoms with van der Waals surface area (Å²) in [7, 11) is 1.81. The molecule has 1 aliphatic heterocycles. The van der Waals surface area contributed by atoms with Crippen molar-refractivity contribution in [3.05, 3.63) is 35.4 Å². The van der Waals surface area contributed by atoms with E-state index in [1.165, 1.54) is 0 Å². The summed E-state index contributed by atoms with van der Waals surface area (Å²) in [6, 6.07) is 7.62. The number of benzene rings is 1. The average molecular weight is 349 g/mol. The van der Waals surface area contributed by atoms with Gasteiger partial charge < -0.3 is 15.5 Å². The van der Waals surface area contributed by atoms with Crippen LogP contribution in [0, 0.1) is 6.92 Å². The lowest BCUT2D eigenvalue weighted by molar-refractivity contribution is 0.0954. The summed E-state index contributed by atoms with van der Waals surface area (Å²) in [6.45, 7) is 9.72. The maximum Gasteiger partial charge on any atom is 0.251 e. The van der Waals surface area contributed by atoms with Gasteiger partial charge in [-0.25, -0.2) is 0 Å². The molecule has 1 heterocycles. The highest BCUT2D eigenvalue weighted by atomic mass is 32.2. The van der Waals surface area contributed by atoms with E-state index in [0.717, 1.165) is 30.4 Å². The number of hydrogen-bond donors (Lipinski definition) is 2. The Balaban J connectivity index is 1.77.